The first-order valence-corrected chi connectivity index (χ1v) is 12.2. The summed E-state index contributed by atoms with van der Waals surface area (Å²) >= 11 is 1.88. The quantitative estimate of drug-likeness (QED) is 0.662. The average molecular weight is 392 g/mol. The molecule has 1 atom stereocenters. The Bertz CT molecular complexity index is 577. The molecule has 1 aromatic rings. The third-order valence-corrected chi connectivity index (χ3v) is 7.82. The number of piperidine rings is 1. The summed E-state index contributed by atoms with van der Waals surface area (Å²) in [6, 6.07) is 0. The van der Waals surface area contributed by atoms with Crippen LogP contribution >= 0.6 is 11.8 Å². The van der Waals surface area contributed by atoms with E-state index in [1.54, 1.807) is 0 Å². The molecule has 0 N–H and O–H groups in total. The maximum absolute atomic E-state index is 4.62. The lowest BCUT2D eigenvalue weighted by molar-refractivity contribution is 0.157. The van der Waals surface area contributed by atoms with Crippen LogP contribution in [0.15, 0.2) is 5.16 Å². The Hall–Kier alpha value is -0.590. The third kappa shape index (κ3) is 5.27. The van der Waals surface area contributed by atoms with E-state index in [2.05, 4.69) is 31.6 Å². The third-order valence-electron chi connectivity index (χ3n) is 6.82. The molecule has 27 heavy (non-hydrogen) atoms. The van der Waals surface area contributed by atoms with Gasteiger partial charge in [0, 0.05) is 38.4 Å². The molecular weight excluding hydrogens is 354 g/mol. The van der Waals surface area contributed by atoms with Crippen molar-refractivity contribution in [2.45, 2.75) is 68.9 Å². The fourth-order valence-corrected chi connectivity index (χ4v) is 6.16. The molecule has 0 radical (unpaired) electrons. The van der Waals surface area contributed by atoms with Crippen molar-refractivity contribution in [1.82, 2.24) is 24.6 Å². The highest BCUT2D eigenvalue weighted by atomic mass is 32.2. The molecule has 152 valence electrons. The van der Waals surface area contributed by atoms with Crippen LogP contribution < -0.4 is 0 Å². The lowest BCUT2D eigenvalue weighted by Gasteiger charge is -2.35. The molecule has 2 saturated heterocycles. The Labute approximate surface area is 169 Å². The maximum Gasteiger partial charge on any atom is 0.191 e. The van der Waals surface area contributed by atoms with Crippen molar-refractivity contribution >= 4 is 11.8 Å². The SMILES string of the molecule is Cn1c(SCCN2CCCC2)nnc1[C@H]1CCCN(CC2CCCCC2)C1. The molecule has 3 heterocycles. The molecule has 0 bridgehead atoms. The van der Waals surface area contributed by atoms with Gasteiger partial charge >= 0.3 is 0 Å². The number of nitrogens with zero attached hydrogens (tertiary/aromatic N) is 5. The summed E-state index contributed by atoms with van der Waals surface area (Å²) in [5, 5.41) is 10.3. The van der Waals surface area contributed by atoms with Gasteiger partial charge < -0.3 is 14.4 Å². The molecule has 3 fully saturated rings. The molecule has 0 unspecified atom stereocenters. The summed E-state index contributed by atoms with van der Waals surface area (Å²) in [5.74, 6) is 3.85. The van der Waals surface area contributed by atoms with Crippen LogP contribution in [0.4, 0.5) is 0 Å². The van der Waals surface area contributed by atoms with Gasteiger partial charge in [-0.05, 0) is 64.1 Å². The number of aromatic nitrogens is 3. The van der Waals surface area contributed by atoms with Gasteiger partial charge in [-0.3, -0.25) is 0 Å². The Morgan fingerprint density at radius 1 is 0.889 bits per heavy atom. The number of hydrogen-bond acceptors (Lipinski definition) is 5. The highest BCUT2D eigenvalue weighted by Gasteiger charge is 2.27. The van der Waals surface area contributed by atoms with Crippen LogP contribution in [0.5, 0.6) is 0 Å². The number of thioether (sulfide) groups is 1. The Morgan fingerprint density at radius 3 is 2.48 bits per heavy atom. The first kappa shape index (κ1) is 19.7. The minimum absolute atomic E-state index is 0.563. The molecule has 0 spiro atoms. The fourth-order valence-electron chi connectivity index (χ4n) is 5.25. The molecule has 2 aliphatic heterocycles. The predicted molar refractivity (Wildman–Crippen MR) is 112 cm³/mol. The van der Waals surface area contributed by atoms with Crippen LogP contribution in [0.2, 0.25) is 0 Å². The largest absolute Gasteiger partial charge is 0.309 e. The van der Waals surface area contributed by atoms with E-state index < -0.39 is 0 Å². The van der Waals surface area contributed by atoms with E-state index in [-0.39, 0.29) is 0 Å². The Morgan fingerprint density at radius 2 is 1.67 bits per heavy atom. The van der Waals surface area contributed by atoms with Gasteiger partial charge in [0.1, 0.15) is 5.82 Å². The second kappa shape index (κ2) is 9.75. The zero-order chi connectivity index (χ0) is 18.5. The van der Waals surface area contributed by atoms with E-state index in [9.17, 15) is 0 Å². The van der Waals surface area contributed by atoms with Crippen LogP contribution in [0.3, 0.4) is 0 Å². The van der Waals surface area contributed by atoms with Gasteiger partial charge in [0.2, 0.25) is 0 Å². The number of likely N-dealkylation sites (tertiary alicyclic amines) is 2. The predicted octanol–water partition coefficient (Wildman–Crippen LogP) is 3.76. The molecule has 6 heteroatoms. The highest BCUT2D eigenvalue weighted by molar-refractivity contribution is 7.99. The summed E-state index contributed by atoms with van der Waals surface area (Å²) < 4.78 is 2.28. The van der Waals surface area contributed by atoms with E-state index in [0.717, 1.165) is 16.8 Å². The second-order valence-electron chi connectivity index (χ2n) is 8.90. The van der Waals surface area contributed by atoms with Crippen molar-refractivity contribution in [3.05, 3.63) is 5.82 Å². The van der Waals surface area contributed by atoms with Gasteiger partial charge in [-0.15, -0.1) is 10.2 Å². The zero-order valence-corrected chi connectivity index (χ0v) is 17.9. The van der Waals surface area contributed by atoms with Crippen LogP contribution in [-0.2, 0) is 7.05 Å². The number of rotatable bonds is 7. The normalized spacial score (nSPS) is 26.0. The van der Waals surface area contributed by atoms with Crippen LogP contribution in [-0.4, -0.2) is 69.6 Å². The van der Waals surface area contributed by atoms with E-state index in [1.807, 2.05) is 11.8 Å². The minimum Gasteiger partial charge on any atom is -0.309 e. The average Bonchev–Trinajstić information content (AvgIpc) is 3.33. The van der Waals surface area contributed by atoms with E-state index in [1.165, 1.54) is 103 Å². The van der Waals surface area contributed by atoms with Crippen LogP contribution in [0, 0.1) is 5.92 Å². The summed E-state index contributed by atoms with van der Waals surface area (Å²) in [6.07, 6.45) is 12.6. The van der Waals surface area contributed by atoms with Gasteiger partial charge in [0.15, 0.2) is 5.16 Å². The minimum atomic E-state index is 0.563. The molecule has 0 amide bonds. The maximum atomic E-state index is 4.62. The molecule has 0 aromatic carbocycles. The fraction of sp³-hybridized carbons (Fsp3) is 0.905. The van der Waals surface area contributed by atoms with Gasteiger partial charge in [-0.25, -0.2) is 0 Å². The highest BCUT2D eigenvalue weighted by Crippen LogP contribution is 2.30. The molecule has 1 aliphatic carbocycles. The second-order valence-corrected chi connectivity index (χ2v) is 9.96. The van der Waals surface area contributed by atoms with Crippen molar-refractivity contribution in [1.29, 1.82) is 0 Å². The molecule has 3 aliphatic rings. The van der Waals surface area contributed by atoms with Gasteiger partial charge in [-0.2, -0.15) is 0 Å². The summed E-state index contributed by atoms with van der Waals surface area (Å²) in [5.41, 5.74) is 0. The first-order valence-electron chi connectivity index (χ1n) is 11.3. The van der Waals surface area contributed by atoms with Gasteiger partial charge in [0.25, 0.3) is 0 Å². The molecule has 1 saturated carbocycles. The topological polar surface area (TPSA) is 37.2 Å². The summed E-state index contributed by atoms with van der Waals surface area (Å²) in [6.45, 7) is 7.52. The van der Waals surface area contributed by atoms with Crippen molar-refractivity contribution in [3.8, 4) is 0 Å². The van der Waals surface area contributed by atoms with Crippen molar-refractivity contribution in [2.75, 3.05) is 45.0 Å². The Kier molecular flexibility index (Phi) is 7.12. The van der Waals surface area contributed by atoms with E-state index in [4.69, 9.17) is 0 Å². The van der Waals surface area contributed by atoms with Crippen molar-refractivity contribution in [3.63, 3.8) is 0 Å². The van der Waals surface area contributed by atoms with Gasteiger partial charge in [0.05, 0.1) is 0 Å². The first-order chi connectivity index (χ1) is 13.3. The lowest BCUT2D eigenvalue weighted by Crippen LogP contribution is -2.38. The molecule has 4 rings (SSSR count). The van der Waals surface area contributed by atoms with Crippen LogP contribution in [0.1, 0.15) is 69.5 Å². The summed E-state index contributed by atoms with van der Waals surface area (Å²) in [4.78, 5) is 5.30. The molecular formula is C21H37N5S. The Balaban J connectivity index is 1.28. The zero-order valence-electron chi connectivity index (χ0n) is 17.1. The number of hydrogen-bond donors (Lipinski definition) is 0. The van der Waals surface area contributed by atoms with E-state index in [0.29, 0.717) is 5.92 Å². The molecule has 1 aromatic heterocycles. The van der Waals surface area contributed by atoms with Crippen LogP contribution in [0.25, 0.3) is 0 Å². The van der Waals surface area contributed by atoms with Crippen molar-refractivity contribution < 1.29 is 0 Å². The van der Waals surface area contributed by atoms with Crippen molar-refractivity contribution in [2.24, 2.45) is 13.0 Å². The smallest absolute Gasteiger partial charge is 0.191 e. The monoisotopic (exact) mass is 391 g/mol. The lowest BCUT2D eigenvalue weighted by atomic mass is 9.88. The van der Waals surface area contributed by atoms with E-state index >= 15 is 0 Å². The molecule has 5 nitrogen and oxygen atoms in total. The summed E-state index contributed by atoms with van der Waals surface area (Å²) in [7, 11) is 2.17. The van der Waals surface area contributed by atoms with Gasteiger partial charge in [-0.1, -0.05) is 31.0 Å². The standard InChI is InChI=1S/C21H37N5S/c1-24-20(22-23-21(24)27-15-14-25-11-5-6-12-25)19-10-7-13-26(17-19)16-18-8-3-2-4-9-18/h18-19H,2-17H2,1H3/t19-/m0/s1.